The quantitative estimate of drug-likeness (QED) is 0.726. The molecule has 8 heteroatoms. The second-order valence-corrected chi connectivity index (χ2v) is 6.32. The van der Waals surface area contributed by atoms with Crippen molar-refractivity contribution < 1.29 is 18.0 Å². The van der Waals surface area contributed by atoms with Crippen molar-refractivity contribution in [3.63, 3.8) is 0 Å². The maximum absolute atomic E-state index is 13.7. The van der Waals surface area contributed by atoms with Crippen molar-refractivity contribution in [1.29, 1.82) is 0 Å². The first-order chi connectivity index (χ1) is 12.0. The van der Waals surface area contributed by atoms with Crippen LogP contribution in [-0.4, -0.2) is 15.9 Å². The third-order valence-electron chi connectivity index (χ3n) is 3.43. The van der Waals surface area contributed by atoms with Gasteiger partial charge in [0.2, 0.25) is 5.91 Å². The summed E-state index contributed by atoms with van der Waals surface area (Å²) in [7, 11) is 0. The molecule has 3 rings (SSSR count). The van der Waals surface area contributed by atoms with Crippen molar-refractivity contribution in [2.75, 3.05) is 0 Å². The fourth-order valence-electron chi connectivity index (χ4n) is 2.24. The summed E-state index contributed by atoms with van der Waals surface area (Å²) in [5, 5.41) is 5.51. The molecule has 0 atom stereocenters. The van der Waals surface area contributed by atoms with E-state index in [2.05, 4.69) is 15.3 Å². The number of thiazole rings is 1. The Balaban J connectivity index is 1.56. The predicted molar refractivity (Wildman–Crippen MR) is 88.9 cm³/mol. The van der Waals surface area contributed by atoms with Crippen LogP contribution < -0.4 is 5.32 Å². The largest absolute Gasteiger partial charge is 0.441 e. The summed E-state index contributed by atoms with van der Waals surface area (Å²) in [4.78, 5) is 20.1. The Labute approximate surface area is 146 Å². The Morgan fingerprint density at radius 2 is 2.08 bits per heavy atom. The SMILES string of the molecule is Cc1csc(CNC(=O)CCc2ncc(-c3c(F)cccc3F)o2)n1. The van der Waals surface area contributed by atoms with Crippen LogP contribution in [0.2, 0.25) is 0 Å². The van der Waals surface area contributed by atoms with E-state index in [1.54, 1.807) is 0 Å². The molecule has 0 fully saturated rings. The zero-order chi connectivity index (χ0) is 17.8. The highest BCUT2D eigenvalue weighted by Crippen LogP contribution is 2.26. The van der Waals surface area contributed by atoms with E-state index in [-0.39, 0.29) is 36.0 Å². The van der Waals surface area contributed by atoms with Gasteiger partial charge in [-0.25, -0.2) is 18.7 Å². The number of benzene rings is 1. The topological polar surface area (TPSA) is 68.0 Å². The molecule has 130 valence electrons. The molecule has 0 bridgehead atoms. The molecule has 25 heavy (non-hydrogen) atoms. The number of amides is 1. The number of carbonyl (C=O) groups is 1. The number of carbonyl (C=O) groups excluding carboxylic acids is 1. The Bertz CT molecular complexity index is 871. The van der Waals surface area contributed by atoms with Crippen LogP contribution in [0.15, 0.2) is 34.2 Å². The molecule has 2 heterocycles. The molecule has 0 saturated carbocycles. The molecule has 1 N–H and O–H groups in total. The standard InChI is InChI=1S/C17H15F2N3O2S/c1-10-9-25-16(22-10)8-20-14(23)5-6-15-21-7-13(24-15)17-11(18)3-2-4-12(17)19/h2-4,7,9H,5-6,8H2,1H3,(H,20,23). The van der Waals surface area contributed by atoms with Gasteiger partial charge in [-0.15, -0.1) is 11.3 Å². The Morgan fingerprint density at radius 3 is 2.76 bits per heavy atom. The minimum Gasteiger partial charge on any atom is -0.441 e. The fourth-order valence-corrected chi connectivity index (χ4v) is 2.95. The lowest BCUT2D eigenvalue weighted by atomic mass is 10.1. The maximum Gasteiger partial charge on any atom is 0.220 e. The average Bonchev–Trinajstić information content (AvgIpc) is 3.20. The van der Waals surface area contributed by atoms with Crippen LogP contribution >= 0.6 is 11.3 Å². The number of nitrogens with one attached hydrogen (secondary N) is 1. The zero-order valence-corrected chi connectivity index (χ0v) is 14.2. The molecular weight excluding hydrogens is 348 g/mol. The van der Waals surface area contributed by atoms with Gasteiger partial charge in [-0.1, -0.05) is 6.07 Å². The molecule has 0 radical (unpaired) electrons. The first-order valence-corrected chi connectivity index (χ1v) is 8.47. The minimum atomic E-state index is -0.723. The first kappa shape index (κ1) is 17.2. The molecule has 0 unspecified atom stereocenters. The van der Waals surface area contributed by atoms with Crippen LogP contribution in [0.25, 0.3) is 11.3 Å². The van der Waals surface area contributed by atoms with E-state index >= 15 is 0 Å². The van der Waals surface area contributed by atoms with Crippen molar-refractivity contribution in [1.82, 2.24) is 15.3 Å². The number of halogens is 2. The van der Waals surface area contributed by atoms with Crippen LogP contribution in [-0.2, 0) is 17.8 Å². The van der Waals surface area contributed by atoms with E-state index in [1.165, 1.54) is 23.6 Å². The Kier molecular flexibility index (Phi) is 5.18. The summed E-state index contributed by atoms with van der Waals surface area (Å²) in [5.74, 6) is -1.37. The third kappa shape index (κ3) is 4.27. The van der Waals surface area contributed by atoms with Gasteiger partial charge in [-0.2, -0.15) is 0 Å². The minimum absolute atomic E-state index is 0.00395. The summed E-state index contributed by atoms with van der Waals surface area (Å²) >= 11 is 1.48. The molecule has 0 aliphatic rings. The Morgan fingerprint density at radius 1 is 1.32 bits per heavy atom. The average molecular weight is 363 g/mol. The lowest BCUT2D eigenvalue weighted by molar-refractivity contribution is -0.121. The van der Waals surface area contributed by atoms with Gasteiger partial charge >= 0.3 is 0 Å². The van der Waals surface area contributed by atoms with Crippen molar-refractivity contribution in [2.24, 2.45) is 0 Å². The summed E-state index contributed by atoms with van der Waals surface area (Å²) in [5.41, 5.74) is 0.659. The fraction of sp³-hybridized carbons (Fsp3) is 0.235. The van der Waals surface area contributed by atoms with Gasteiger partial charge in [0.15, 0.2) is 11.7 Å². The number of aryl methyl sites for hydroxylation is 2. The van der Waals surface area contributed by atoms with Gasteiger partial charge in [-0.05, 0) is 19.1 Å². The normalized spacial score (nSPS) is 10.8. The number of hydrogen-bond donors (Lipinski definition) is 1. The smallest absolute Gasteiger partial charge is 0.220 e. The predicted octanol–water partition coefficient (Wildman–Crippen LogP) is 3.63. The monoisotopic (exact) mass is 363 g/mol. The number of aromatic nitrogens is 2. The lowest BCUT2D eigenvalue weighted by Crippen LogP contribution is -2.22. The van der Waals surface area contributed by atoms with E-state index in [0.717, 1.165) is 22.8 Å². The van der Waals surface area contributed by atoms with Crippen LogP contribution in [0.3, 0.4) is 0 Å². The van der Waals surface area contributed by atoms with E-state index in [0.29, 0.717) is 6.54 Å². The van der Waals surface area contributed by atoms with Crippen LogP contribution in [0.1, 0.15) is 23.0 Å². The van der Waals surface area contributed by atoms with Gasteiger partial charge in [0.25, 0.3) is 0 Å². The molecule has 0 aliphatic carbocycles. The van der Waals surface area contributed by atoms with Crippen LogP contribution in [0, 0.1) is 18.6 Å². The molecule has 5 nitrogen and oxygen atoms in total. The van der Waals surface area contributed by atoms with Crippen LogP contribution in [0.5, 0.6) is 0 Å². The first-order valence-electron chi connectivity index (χ1n) is 7.59. The zero-order valence-electron chi connectivity index (χ0n) is 13.4. The number of oxazole rings is 1. The van der Waals surface area contributed by atoms with Crippen molar-refractivity contribution in [2.45, 2.75) is 26.3 Å². The molecule has 3 aromatic rings. The summed E-state index contributed by atoms with van der Waals surface area (Å²) in [6, 6.07) is 3.57. The third-order valence-corrected chi connectivity index (χ3v) is 4.40. The highest BCUT2D eigenvalue weighted by molar-refractivity contribution is 7.09. The number of nitrogens with zero attached hydrogens (tertiary/aromatic N) is 2. The molecule has 0 spiro atoms. The van der Waals surface area contributed by atoms with E-state index in [1.807, 2.05) is 12.3 Å². The molecule has 1 aromatic carbocycles. The molecule has 0 saturated heterocycles. The van der Waals surface area contributed by atoms with Gasteiger partial charge in [0, 0.05) is 23.9 Å². The van der Waals surface area contributed by atoms with E-state index in [9.17, 15) is 13.6 Å². The number of hydrogen-bond acceptors (Lipinski definition) is 5. The highest BCUT2D eigenvalue weighted by Gasteiger charge is 2.16. The second kappa shape index (κ2) is 7.52. The molecule has 1 amide bonds. The lowest BCUT2D eigenvalue weighted by Gasteiger charge is -2.02. The van der Waals surface area contributed by atoms with Crippen molar-refractivity contribution in [3.8, 4) is 11.3 Å². The highest BCUT2D eigenvalue weighted by atomic mass is 32.1. The molecule has 0 aliphatic heterocycles. The summed E-state index contributed by atoms with van der Waals surface area (Å²) < 4.78 is 32.8. The maximum atomic E-state index is 13.7. The van der Waals surface area contributed by atoms with Crippen molar-refractivity contribution >= 4 is 17.2 Å². The Hall–Kier alpha value is -2.61. The summed E-state index contributed by atoms with van der Waals surface area (Å²) in [6.07, 6.45) is 1.65. The van der Waals surface area contributed by atoms with E-state index in [4.69, 9.17) is 4.42 Å². The molecular formula is C17H15F2N3O2S. The van der Waals surface area contributed by atoms with Crippen molar-refractivity contribution in [3.05, 3.63) is 58.0 Å². The van der Waals surface area contributed by atoms with Gasteiger partial charge in [0.1, 0.15) is 16.6 Å². The van der Waals surface area contributed by atoms with Gasteiger partial charge in [-0.3, -0.25) is 4.79 Å². The number of rotatable bonds is 6. The van der Waals surface area contributed by atoms with Crippen LogP contribution in [0.4, 0.5) is 8.78 Å². The second-order valence-electron chi connectivity index (χ2n) is 5.37. The molecule has 2 aromatic heterocycles. The summed E-state index contributed by atoms with van der Waals surface area (Å²) in [6.45, 7) is 2.26. The van der Waals surface area contributed by atoms with Gasteiger partial charge in [0.05, 0.1) is 18.3 Å². The van der Waals surface area contributed by atoms with Gasteiger partial charge < -0.3 is 9.73 Å². The van der Waals surface area contributed by atoms with E-state index < -0.39 is 11.6 Å².